The number of quaternary nitrogens is 2. The summed E-state index contributed by atoms with van der Waals surface area (Å²) in [5.41, 5.74) is 1.45. The summed E-state index contributed by atoms with van der Waals surface area (Å²) in [5.74, 6) is 0. The summed E-state index contributed by atoms with van der Waals surface area (Å²) in [6.45, 7) is 11.1. The number of hydrogen-bond donors (Lipinski definition) is 2. The monoisotopic (exact) mass is 312 g/mol. The molecule has 0 unspecified atom stereocenters. The smallest absolute Gasteiger partial charge is 0.127 e. The van der Waals surface area contributed by atoms with E-state index in [4.69, 9.17) is 0 Å². The van der Waals surface area contributed by atoms with Crippen LogP contribution in [0.4, 0.5) is 0 Å². The summed E-state index contributed by atoms with van der Waals surface area (Å²) in [7, 11) is 0. The highest BCUT2D eigenvalue weighted by molar-refractivity contribution is 9.10. The first-order chi connectivity index (χ1) is 8.69. The summed E-state index contributed by atoms with van der Waals surface area (Å²) in [6.07, 6.45) is 1.30. The van der Waals surface area contributed by atoms with E-state index in [9.17, 15) is 0 Å². The molecule has 2 rings (SSSR count). The van der Waals surface area contributed by atoms with Crippen molar-refractivity contribution in [1.29, 1.82) is 0 Å². The lowest BCUT2D eigenvalue weighted by Gasteiger charge is -2.33. The zero-order valence-electron chi connectivity index (χ0n) is 11.5. The van der Waals surface area contributed by atoms with Gasteiger partial charge in [0.25, 0.3) is 0 Å². The van der Waals surface area contributed by atoms with Crippen LogP contribution >= 0.6 is 15.9 Å². The van der Waals surface area contributed by atoms with Gasteiger partial charge in [0.15, 0.2) is 0 Å². The SMILES string of the molecule is CC[C@@H](C)[NH+]1CC[NH+](Cc2cccc(Br)c2)CC1. The van der Waals surface area contributed by atoms with Crippen molar-refractivity contribution < 1.29 is 9.80 Å². The molecule has 2 N–H and O–H groups in total. The molecule has 1 atom stereocenters. The van der Waals surface area contributed by atoms with E-state index in [0.717, 1.165) is 6.04 Å². The summed E-state index contributed by atoms with van der Waals surface area (Å²) >= 11 is 3.55. The van der Waals surface area contributed by atoms with Gasteiger partial charge in [0.2, 0.25) is 0 Å². The fourth-order valence-electron chi connectivity index (χ4n) is 2.82. The number of hydrogen-bond acceptors (Lipinski definition) is 0. The molecule has 18 heavy (non-hydrogen) atoms. The molecule has 1 heterocycles. The summed E-state index contributed by atoms with van der Waals surface area (Å²) in [5, 5.41) is 0. The van der Waals surface area contributed by atoms with Gasteiger partial charge in [-0.1, -0.05) is 35.0 Å². The van der Waals surface area contributed by atoms with E-state index in [0.29, 0.717) is 0 Å². The number of benzene rings is 1. The van der Waals surface area contributed by atoms with Gasteiger partial charge in [-0.15, -0.1) is 0 Å². The van der Waals surface area contributed by atoms with Crippen LogP contribution in [-0.4, -0.2) is 32.2 Å². The van der Waals surface area contributed by atoms with Crippen LogP contribution in [0.15, 0.2) is 28.7 Å². The minimum absolute atomic E-state index is 0.831. The van der Waals surface area contributed by atoms with Crippen molar-refractivity contribution >= 4 is 15.9 Å². The molecule has 1 aromatic rings. The van der Waals surface area contributed by atoms with Gasteiger partial charge in [-0.3, -0.25) is 0 Å². The molecule has 0 aliphatic carbocycles. The molecule has 2 nitrogen and oxygen atoms in total. The minimum Gasteiger partial charge on any atom is -0.323 e. The Labute approximate surface area is 119 Å². The predicted octanol–water partition coefficient (Wildman–Crippen LogP) is 0.531. The fourth-order valence-corrected chi connectivity index (χ4v) is 3.27. The molecule has 1 saturated heterocycles. The third-order valence-corrected chi connectivity index (χ3v) is 4.75. The van der Waals surface area contributed by atoms with Crippen molar-refractivity contribution in [1.82, 2.24) is 0 Å². The lowest BCUT2D eigenvalue weighted by Crippen LogP contribution is -3.29. The van der Waals surface area contributed by atoms with Crippen LogP contribution in [-0.2, 0) is 6.54 Å². The highest BCUT2D eigenvalue weighted by Gasteiger charge is 2.25. The highest BCUT2D eigenvalue weighted by Crippen LogP contribution is 2.10. The Balaban J connectivity index is 1.83. The first kappa shape index (κ1) is 14.0. The molecule has 0 aromatic heterocycles. The number of piperazine rings is 1. The number of halogens is 1. The van der Waals surface area contributed by atoms with Gasteiger partial charge in [0, 0.05) is 10.0 Å². The Hall–Kier alpha value is -0.380. The van der Waals surface area contributed by atoms with E-state index in [-0.39, 0.29) is 0 Å². The van der Waals surface area contributed by atoms with Gasteiger partial charge in [-0.2, -0.15) is 0 Å². The maximum absolute atomic E-state index is 3.55. The van der Waals surface area contributed by atoms with Gasteiger partial charge >= 0.3 is 0 Å². The second kappa shape index (κ2) is 6.69. The van der Waals surface area contributed by atoms with Crippen LogP contribution in [0.3, 0.4) is 0 Å². The minimum atomic E-state index is 0.831. The van der Waals surface area contributed by atoms with E-state index in [2.05, 4.69) is 54.0 Å². The molecule has 1 fully saturated rings. The molecule has 3 heteroatoms. The standard InChI is InChI=1S/C15H23BrN2/c1-3-13(2)18-9-7-17(8-10-18)12-14-5-4-6-15(16)11-14/h4-6,11,13H,3,7-10,12H2,1-2H3/p+2/t13-/m1/s1. The van der Waals surface area contributed by atoms with Crippen LogP contribution < -0.4 is 9.80 Å². The highest BCUT2D eigenvalue weighted by atomic mass is 79.9. The first-order valence-electron chi connectivity index (χ1n) is 7.11. The molecule has 0 spiro atoms. The van der Waals surface area contributed by atoms with Crippen molar-refractivity contribution in [3.8, 4) is 0 Å². The molecule has 100 valence electrons. The predicted molar refractivity (Wildman–Crippen MR) is 79.0 cm³/mol. The van der Waals surface area contributed by atoms with Gasteiger partial charge < -0.3 is 9.80 Å². The van der Waals surface area contributed by atoms with Crippen molar-refractivity contribution in [2.75, 3.05) is 26.2 Å². The topological polar surface area (TPSA) is 8.88 Å². The van der Waals surface area contributed by atoms with Crippen LogP contribution in [0.25, 0.3) is 0 Å². The van der Waals surface area contributed by atoms with E-state index >= 15 is 0 Å². The average Bonchev–Trinajstić information content (AvgIpc) is 2.39. The Kier molecular flexibility index (Phi) is 5.22. The molecule has 1 aliphatic heterocycles. The van der Waals surface area contributed by atoms with Gasteiger partial charge in [0.1, 0.15) is 32.7 Å². The van der Waals surface area contributed by atoms with Gasteiger partial charge in [0.05, 0.1) is 6.04 Å². The Bertz CT molecular complexity index is 373. The van der Waals surface area contributed by atoms with Crippen molar-refractivity contribution in [2.45, 2.75) is 32.9 Å². The first-order valence-corrected chi connectivity index (χ1v) is 7.91. The molecule has 1 aromatic carbocycles. The molecule has 0 saturated carbocycles. The molecule has 0 radical (unpaired) electrons. The Morgan fingerprint density at radius 3 is 2.56 bits per heavy atom. The van der Waals surface area contributed by atoms with Crippen LogP contribution in [0.5, 0.6) is 0 Å². The lowest BCUT2D eigenvalue weighted by molar-refractivity contribution is -1.03. The van der Waals surface area contributed by atoms with Crippen LogP contribution in [0.1, 0.15) is 25.8 Å². The van der Waals surface area contributed by atoms with Crippen LogP contribution in [0.2, 0.25) is 0 Å². The largest absolute Gasteiger partial charge is 0.323 e. The quantitative estimate of drug-likeness (QED) is 0.802. The van der Waals surface area contributed by atoms with E-state index < -0.39 is 0 Å². The molecule has 0 bridgehead atoms. The fraction of sp³-hybridized carbons (Fsp3) is 0.600. The molecular weight excluding hydrogens is 288 g/mol. The number of nitrogens with one attached hydrogen (secondary N) is 2. The summed E-state index contributed by atoms with van der Waals surface area (Å²) < 4.78 is 1.20. The summed E-state index contributed by atoms with van der Waals surface area (Å²) in [4.78, 5) is 3.54. The molecular formula is C15H25BrN2+2. The van der Waals surface area contributed by atoms with Gasteiger partial charge in [-0.25, -0.2) is 0 Å². The van der Waals surface area contributed by atoms with Crippen molar-refractivity contribution in [3.05, 3.63) is 34.3 Å². The van der Waals surface area contributed by atoms with E-state index in [1.165, 1.54) is 49.2 Å². The Morgan fingerprint density at radius 1 is 1.22 bits per heavy atom. The third-order valence-electron chi connectivity index (χ3n) is 4.25. The van der Waals surface area contributed by atoms with Gasteiger partial charge in [-0.05, 0) is 25.5 Å². The average molecular weight is 313 g/mol. The number of rotatable bonds is 4. The van der Waals surface area contributed by atoms with E-state index in [1.54, 1.807) is 9.80 Å². The lowest BCUT2D eigenvalue weighted by atomic mass is 10.1. The van der Waals surface area contributed by atoms with Crippen LogP contribution in [0, 0.1) is 0 Å². The zero-order chi connectivity index (χ0) is 13.0. The van der Waals surface area contributed by atoms with Crippen molar-refractivity contribution in [3.63, 3.8) is 0 Å². The molecule has 0 amide bonds. The third kappa shape index (κ3) is 3.81. The maximum Gasteiger partial charge on any atom is 0.127 e. The van der Waals surface area contributed by atoms with E-state index in [1.807, 2.05) is 0 Å². The Morgan fingerprint density at radius 2 is 1.94 bits per heavy atom. The second-order valence-electron chi connectivity index (χ2n) is 5.52. The zero-order valence-corrected chi connectivity index (χ0v) is 13.1. The normalized spacial score (nSPS) is 25.9. The summed E-state index contributed by atoms with van der Waals surface area (Å²) in [6, 6.07) is 9.56. The van der Waals surface area contributed by atoms with Crippen molar-refractivity contribution in [2.24, 2.45) is 0 Å². The second-order valence-corrected chi connectivity index (χ2v) is 6.44. The maximum atomic E-state index is 3.55. The molecule has 1 aliphatic rings.